The number of nitrogens with zero attached hydrogens (tertiary/aromatic N) is 1. The van der Waals surface area contributed by atoms with Gasteiger partial charge in [0.25, 0.3) is 5.91 Å². The number of nitrogens with one attached hydrogen (secondary N) is 1. The van der Waals surface area contributed by atoms with E-state index in [1.54, 1.807) is 19.2 Å². The fourth-order valence-corrected chi connectivity index (χ4v) is 2.81. The molecule has 2 unspecified atom stereocenters. The largest absolute Gasteiger partial charge is 0.441 e. The molecule has 0 saturated heterocycles. The van der Waals surface area contributed by atoms with E-state index in [1.165, 1.54) is 0 Å². The van der Waals surface area contributed by atoms with Crippen molar-refractivity contribution in [2.24, 2.45) is 11.7 Å². The van der Waals surface area contributed by atoms with Gasteiger partial charge in [-0.15, -0.1) is 0 Å². The molecule has 1 aromatic rings. The molecule has 1 aromatic carbocycles. The third kappa shape index (κ3) is 2.94. The monoisotopic (exact) mass is 291 g/mol. The first-order valence-corrected chi connectivity index (χ1v) is 7.05. The molecule has 0 saturated carbocycles. The van der Waals surface area contributed by atoms with E-state index in [1.807, 2.05) is 13.0 Å². The van der Waals surface area contributed by atoms with Crippen LogP contribution in [0.25, 0.3) is 0 Å². The zero-order valence-corrected chi connectivity index (χ0v) is 12.6. The maximum atomic E-state index is 11.8. The predicted molar refractivity (Wildman–Crippen MR) is 80.3 cm³/mol. The van der Waals surface area contributed by atoms with Gasteiger partial charge < -0.3 is 20.7 Å². The molecule has 6 nitrogen and oxygen atoms in total. The summed E-state index contributed by atoms with van der Waals surface area (Å²) < 4.78 is 5.27. The fraction of sp³-hybridized carbons (Fsp3) is 0.467. The van der Waals surface area contributed by atoms with E-state index in [-0.39, 0.29) is 11.8 Å². The molecule has 3 N–H and O–H groups in total. The molecule has 1 aliphatic rings. The van der Waals surface area contributed by atoms with Gasteiger partial charge in [-0.1, -0.05) is 6.92 Å². The second-order valence-corrected chi connectivity index (χ2v) is 5.23. The second kappa shape index (κ2) is 6.03. The summed E-state index contributed by atoms with van der Waals surface area (Å²) in [7, 11) is 1.58. The Balaban J connectivity index is 2.49. The lowest BCUT2D eigenvalue weighted by molar-refractivity contribution is 0.0713. The van der Waals surface area contributed by atoms with Gasteiger partial charge in [0, 0.05) is 42.9 Å². The molecule has 2 rings (SSSR count). The number of primary amides is 1. The third-order valence-corrected chi connectivity index (χ3v) is 3.81. The first-order valence-electron chi connectivity index (χ1n) is 7.05. The number of rotatable bonds is 3. The van der Waals surface area contributed by atoms with Crippen LogP contribution in [0.2, 0.25) is 0 Å². The van der Waals surface area contributed by atoms with Gasteiger partial charge in [0.1, 0.15) is 6.10 Å². The van der Waals surface area contributed by atoms with E-state index < -0.39 is 12.2 Å². The molecule has 0 radical (unpaired) electrons. The zero-order valence-electron chi connectivity index (χ0n) is 12.6. The van der Waals surface area contributed by atoms with E-state index >= 15 is 0 Å². The molecule has 2 amide bonds. The van der Waals surface area contributed by atoms with Gasteiger partial charge in [0.05, 0.1) is 0 Å². The topological polar surface area (TPSA) is 84.7 Å². The number of anilines is 1. The van der Waals surface area contributed by atoms with Crippen LogP contribution >= 0.6 is 0 Å². The van der Waals surface area contributed by atoms with E-state index in [4.69, 9.17) is 10.5 Å². The number of hydrogen-bond acceptors (Lipinski definition) is 4. The Labute approximate surface area is 124 Å². The number of benzene rings is 1. The van der Waals surface area contributed by atoms with Crippen molar-refractivity contribution >= 4 is 17.7 Å². The molecule has 2 atom stereocenters. The van der Waals surface area contributed by atoms with E-state index in [9.17, 15) is 9.59 Å². The Hall–Kier alpha value is -2.24. The summed E-state index contributed by atoms with van der Waals surface area (Å²) in [5.41, 5.74) is 7.53. The Kier molecular flexibility index (Phi) is 4.35. The smallest absolute Gasteiger partial charge is 0.405 e. The number of amides is 2. The van der Waals surface area contributed by atoms with Crippen LogP contribution in [0.1, 0.15) is 35.9 Å². The third-order valence-electron chi connectivity index (χ3n) is 3.81. The lowest BCUT2D eigenvalue weighted by Gasteiger charge is -2.38. The molecule has 1 heterocycles. The summed E-state index contributed by atoms with van der Waals surface area (Å²) in [5, 5.41) is 2.60. The van der Waals surface area contributed by atoms with Crippen molar-refractivity contribution in [3.05, 3.63) is 29.3 Å². The summed E-state index contributed by atoms with van der Waals surface area (Å²) >= 11 is 0. The van der Waals surface area contributed by atoms with E-state index in [0.29, 0.717) is 5.56 Å². The van der Waals surface area contributed by atoms with Gasteiger partial charge in [0.2, 0.25) is 0 Å². The van der Waals surface area contributed by atoms with Crippen LogP contribution in [-0.4, -0.2) is 32.1 Å². The maximum Gasteiger partial charge on any atom is 0.405 e. The molecule has 0 spiro atoms. The van der Waals surface area contributed by atoms with Gasteiger partial charge in [-0.3, -0.25) is 4.79 Å². The van der Waals surface area contributed by atoms with Gasteiger partial charge in [-0.2, -0.15) is 0 Å². The van der Waals surface area contributed by atoms with Crippen molar-refractivity contribution in [2.75, 3.05) is 25.0 Å². The minimum atomic E-state index is -0.798. The lowest BCUT2D eigenvalue weighted by atomic mass is 9.89. The molecule has 1 aliphatic heterocycles. The fourth-order valence-electron chi connectivity index (χ4n) is 2.81. The molecular formula is C15H21N3O3. The lowest BCUT2D eigenvalue weighted by Crippen LogP contribution is -2.38. The highest BCUT2D eigenvalue weighted by Gasteiger charge is 2.33. The van der Waals surface area contributed by atoms with Gasteiger partial charge in [-0.05, 0) is 25.1 Å². The summed E-state index contributed by atoms with van der Waals surface area (Å²) in [4.78, 5) is 25.2. The Morgan fingerprint density at radius 2 is 2.19 bits per heavy atom. The standard InChI is InChI=1S/C15H21N3O3/c1-4-18-8-9(2)13(21-15(16)20)11-7-10(14(19)17-3)5-6-12(11)18/h5-7,9,13H,4,8H2,1-3H3,(H2,16,20)(H,17,19). The van der Waals surface area contributed by atoms with Gasteiger partial charge >= 0.3 is 6.09 Å². The molecule has 0 aromatic heterocycles. The highest BCUT2D eigenvalue weighted by molar-refractivity contribution is 5.94. The second-order valence-electron chi connectivity index (χ2n) is 5.23. The van der Waals surface area contributed by atoms with Crippen molar-refractivity contribution in [2.45, 2.75) is 20.0 Å². The Morgan fingerprint density at radius 3 is 2.76 bits per heavy atom. The first-order chi connectivity index (χ1) is 9.97. The molecule has 0 bridgehead atoms. The number of carbonyl (C=O) groups excluding carboxylic acids is 2. The van der Waals surface area contributed by atoms with E-state index in [0.717, 1.165) is 24.3 Å². The maximum absolute atomic E-state index is 11.8. The number of carbonyl (C=O) groups is 2. The number of fused-ring (bicyclic) bond motifs is 1. The molecule has 0 fully saturated rings. The predicted octanol–water partition coefficient (Wildman–Crippen LogP) is 1.66. The number of hydrogen-bond donors (Lipinski definition) is 2. The van der Waals surface area contributed by atoms with Crippen LogP contribution in [0, 0.1) is 5.92 Å². The van der Waals surface area contributed by atoms with Crippen LogP contribution in [0.3, 0.4) is 0 Å². The van der Waals surface area contributed by atoms with Crippen LogP contribution in [0.15, 0.2) is 18.2 Å². The minimum absolute atomic E-state index is 0.102. The highest BCUT2D eigenvalue weighted by Crippen LogP contribution is 2.39. The van der Waals surface area contributed by atoms with Crippen LogP contribution < -0.4 is 16.0 Å². The average molecular weight is 291 g/mol. The van der Waals surface area contributed by atoms with E-state index in [2.05, 4.69) is 17.1 Å². The van der Waals surface area contributed by atoms with Gasteiger partial charge in [0.15, 0.2) is 0 Å². The summed E-state index contributed by atoms with van der Waals surface area (Å²) in [6.45, 7) is 5.70. The zero-order chi connectivity index (χ0) is 15.6. The SMILES string of the molecule is CCN1CC(C)C(OC(N)=O)c2cc(C(=O)NC)ccc21. The highest BCUT2D eigenvalue weighted by atomic mass is 16.6. The van der Waals surface area contributed by atoms with Crippen LogP contribution in [0.4, 0.5) is 10.5 Å². The number of ether oxygens (including phenoxy) is 1. The van der Waals surface area contributed by atoms with Crippen LogP contribution in [0.5, 0.6) is 0 Å². The average Bonchev–Trinajstić information content (AvgIpc) is 2.48. The molecule has 114 valence electrons. The van der Waals surface area contributed by atoms with Crippen LogP contribution in [-0.2, 0) is 4.74 Å². The first kappa shape index (κ1) is 15.2. The van der Waals surface area contributed by atoms with Crippen molar-refractivity contribution < 1.29 is 14.3 Å². The van der Waals surface area contributed by atoms with Crippen molar-refractivity contribution in [1.29, 1.82) is 0 Å². The Bertz CT molecular complexity index is 559. The summed E-state index contributed by atoms with van der Waals surface area (Å²) in [5.74, 6) is -0.0678. The van der Waals surface area contributed by atoms with Crippen molar-refractivity contribution in [3.63, 3.8) is 0 Å². The Morgan fingerprint density at radius 1 is 1.48 bits per heavy atom. The molecular weight excluding hydrogens is 270 g/mol. The quantitative estimate of drug-likeness (QED) is 0.887. The molecule has 21 heavy (non-hydrogen) atoms. The summed E-state index contributed by atoms with van der Waals surface area (Å²) in [6.07, 6.45) is -1.22. The van der Waals surface area contributed by atoms with Crippen molar-refractivity contribution in [1.82, 2.24) is 5.32 Å². The summed E-state index contributed by atoms with van der Waals surface area (Å²) in [6, 6.07) is 5.45. The molecule has 0 aliphatic carbocycles. The molecule has 6 heteroatoms. The van der Waals surface area contributed by atoms with Crippen molar-refractivity contribution in [3.8, 4) is 0 Å². The van der Waals surface area contributed by atoms with Gasteiger partial charge in [-0.25, -0.2) is 4.79 Å². The number of nitrogens with two attached hydrogens (primary N) is 1. The normalized spacial score (nSPS) is 20.6. The minimum Gasteiger partial charge on any atom is -0.441 e.